The smallest absolute Gasteiger partial charge is 0.119 e. The van der Waals surface area contributed by atoms with Gasteiger partial charge in [-0.15, -0.1) is 0 Å². The number of rotatable bonds is 12. The van der Waals surface area contributed by atoms with Crippen molar-refractivity contribution in [1.82, 2.24) is 15.2 Å². The van der Waals surface area contributed by atoms with Crippen LogP contribution in [0.2, 0.25) is 0 Å². The highest BCUT2D eigenvalue weighted by Gasteiger charge is 2.20. The van der Waals surface area contributed by atoms with Crippen LogP contribution in [0.1, 0.15) is 49.7 Å². The van der Waals surface area contributed by atoms with E-state index in [4.69, 9.17) is 4.74 Å². The third kappa shape index (κ3) is 8.05. The maximum Gasteiger partial charge on any atom is 0.119 e. The van der Waals surface area contributed by atoms with Crippen molar-refractivity contribution < 1.29 is 9.84 Å². The quantitative estimate of drug-likeness (QED) is 0.520. The lowest BCUT2D eigenvalue weighted by Gasteiger charge is -2.32. The highest BCUT2D eigenvalue weighted by molar-refractivity contribution is 5.28. The van der Waals surface area contributed by atoms with Crippen molar-refractivity contribution in [2.75, 3.05) is 26.7 Å². The van der Waals surface area contributed by atoms with Gasteiger partial charge in [0.2, 0.25) is 0 Å². The van der Waals surface area contributed by atoms with Crippen LogP contribution in [0.5, 0.6) is 5.75 Å². The van der Waals surface area contributed by atoms with Gasteiger partial charge in [-0.3, -0.25) is 4.98 Å². The predicted molar refractivity (Wildman–Crippen MR) is 122 cm³/mol. The topological polar surface area (TPSA) is 57.6 Å². The summed E-state index contributed by atoms with van der Waals surface area (Å²) in [5.41, 5.74) is 2.48. The molecule has 1 aromatic heterocycles. The minimum Gasteiger partial charge on any atom is -0.491 e. The first kappa shape index (κ1) is 22.7. The lowest BCUT2D eigenvalue weighted by molar-refractivity contribution is 0.0561. The number of hydrogen-bond acceptors (Lipinski definition) is 5. The molecule has 1 heterocycles. The van der Waals surface area contributed by atoms with Gasteiger partial charge in [0.25, 0.3) is 0 Å². The van der Waals surface area contributed by atoms with E-state index in [0.717, 1.165) is 31.7 Å². The molecule has 5 nitrogen and oxygen atoms in total. The molecule has 3 rings (SSSR count). The lowest BCUT2D eigenvalue weighted by Crippen LogP contribution is -2.40. The van der Waals surface area contributed by atoms with Gasteiger partial charge < -0.3 is 20.1 Å². The second kappa shape index (κ2) is 12.7. The Bertz CT molecular complexity index is 719. The Balaban J connectivity index is 1.33. The summed E-state index contributed by atoms with van der Waals surface area (Å²) in [7, 11) is 2.12. The molecule has 1 aliphatic rings. The first-order chi connectivity index (χ1) is 14.7. The minimum atomic E-state index is -0.466. The van der Waals surface area contributed by atoms with E-state index in [2.05, 4.69) is 40.4 Å². The average molecular weight is 412 g/mol. The summed E-state index contributed by atoms with van der Waals surface area (Å²) < 4.78 is 5.87. The average Bonchev–Trinajstić information content (AvgIpc) is 2.79. The first-order valence-electron chi connectivity index (χ1n) is 11.4. The third-order valence-electron chi connectivity index (χ3n) is 5.91. The normalized spacial score (nSPS) is 16.0. The summed E-state index contributed by atoms with van der Waals surface area (Å²) in [6.45, 7) is 2.78. The molecule has 164 valence electrons. The molecule has 0 spiro atoms. The molecule has 1 aliphatic carbocycles. The number of aliphatic hydroxyl groups excluding tert-OH is 1. The zero-order valence-corrected chi connectivity index (χ0v) is 18.3. The van der Waals surface area contributed by atoms with E-state index in [-0.39, 0.29) is 0 Å². The molecule has 0 amide bonds. The summed E-state index contributed by atoms with van der Waals surface area (Å²) in [5.74, 6) is 0.823. The molecular formula is C25H37N3O2. The molecule has 0 aliphatic heterocycles. The van der Waals surface area contributed by atoms with Crippen LogP contribution in [0.15, 0.2) is 48.8 Å². The second-order valence-electron chi connectivity index (χ2n) is 8.49. The highest BCUT2D eigenvalue weighted by atomic mass is 16.5. The number of pyridine rings is 1. The van der Waals surface area contributed by atoms with Crippen LogP contribution >= 0.6 is 0 Å². The number of nitrogens with one attached hydrogen (secondary N) is 1. The monoisotopic (exact) mass is 411 g/mol. The molecule has 1 atom stereocenters. The van der Waals surface area contributed by atoms with E-state index in [9.17, 15) is 5.11 Å². The highest BCUT2D eigenvalue weighted by Crippen LogP contribution is 2.21. The Morgan fingerprint density at radius 3 is 2.80 bits per heavy atom. The van der Waals surface area contributed by atoms with Crippen LogP contribution in [0, 0.1) is 0 Å². The SMILES string of the molecule is CN(CC(O)COc1cccc(CNCCCc2cccnc2)c1)C1CCCCC1. The van der Waals surface area contributed by atoms with Gasteiger partial charge in [0.05, 0.1) is 0 Å². The van der Waals surface area contributed by atoms with E-state index in [1.165, 1.54) is 43.2 Å². The van der Waals surface area contributed by atoms with E-state index in [1.54, 1.807) is 0 Å². The van der Waals surface area contributed by atoms with Gasteiger partial charge in [-0.2, -0.15) is 0 Å². The molecular weight excluding hydrogens is 374 g/mol. The molecule has 2 N–H and O–H groups in total. The van der Waals surface area contributed by atoms with Gasteiger partial charge >= 0.3 is 0 Å². The number of ether oxygens (including phenoxy) is 1. The molecule has 1 fully saturated rings. The number of hydrogen-bond donors (Lipinski definition) is 2. The zero-order valence-electron chi connectivity index (χ0n) is 18.3. The van der Waals surface area contributed by atoms with E-state index >= 15 is 0 Å². The number of aliphatic hydroxyl groups is 1. The Hall–Kier alpha value is -1.95. The Morgan fingerprint density at radius 1 is 1.17 bits per heavy atom. The Morgan fingerprint density at radius 2 is 2.00 bits per heavy atom. The fourth-order valence-corrected chi connectivity index (χ4v) is 4.19. The van der Waals surface area contributed by atoms with Gasteiger partial charge in [0.1, 0.15) is 18.5 Å². The van der Waals surface area contributed by atoms with Gasteiger partial charge in [-0.05, 0) is 68.6 Å². The first-order valence-corrected chi connectivity index (χ1v) is 11.4. The fourth-order valence-electron chi connectivity index (χ4n) is 4.19. The van der Waals surface area contributed by atoms with Gasteiger partial charge in [-0.1, -0.05) is 37.5 Å². The van der Waals surface area contributed by atoms with Crippen LogP contribution < -0.4 is 10.1 Å². The van der Waals surface area contributed by atoms with Crippen molar-refractivity contribution in [3.63, 3.8) is 0 Å². The largest absolute Gasteiger partial charge is 0.491 e. The summed E-state index contributed by atoms with van der Waals surface area (Å²) in [4.78, 5) is 6.46. The van der Waals surface area contributed by atoms with Gasteiger partial charge in [0, 0.05) is 31.5 Å². The molecule has 1 unspecified atom stereocenters. The molecule has 1 saturated carbocycles. The molecule has 30 heavy (non-hydrogen) atoms. The maximum absolute atomic E-state index is 10.4. The maximum atomic E-state index is 10.4. The Labute approximate surface area is 181 Å². The number of aromatic nitrogens is 1. The summed E-state index contributed by atoms with van der Waals surface area (Å²) in [5, 5.41) is 13.9. The van der Waals surface area contributed by atoms with Crippen molar-refractivity contribution >= 4 is 0 Å². The van der Waals surface area contributed by atoms with Crippen LogP contribution in [-0.4, -0.2) is 53.9 Å². The van der Waals surface area contributed by atoms with Crippen molar-refractivity contribution in [3.05, 3.63) is 59.9 Å². The zero-order chi connectivity index (χ0) is 21.0. The van der Waals surface area contributed by atoms with Crippen molar-refractivity contribution in [3.8, 4) is 5.75 Å². The molecule has 0 bridgehead atoms. The predicted octanol–water partition coefficient (Wildman–Crippen LogP) is 3.81. The molecule has 2 aromatic rings. The molecule has 5 heteroatoms. The summed E-state index contributed by atoms with van der Waals surface area (Å²) in [6.07, 6.45) is 11.9. The molecule has 0 saturated heterocycles. The van der Waals surface area contributed by atoms with Crippen LogP contribution in [-0.2, 0) is 13.0 Å². The number of nitrogens with zero attached hydrogens (tertiary/aromatic N) is 2. The van der Waals surface area contributed by atoms with Crippen LogP contribution in [0.25, 0.3) is 0 Å². The van der Waals surface area contributed by atoms with Crippen LogP contribution in [0.3, 0.4) is 0 Å². The van der Waals surface area contributed by atoms with Gasteiger partial charge in [-0.25, -0.2) is 0 Å². The second-order valence-corrected chi connectivity index (χ2v) is 8.49. The standard InChI is InChI=1S/C25H37N3O2/c1-28(23-11-3-2-4-12-23)19-24(29)20-30-25-13-5-8-22(16-25)18-27-15-7-10-21-9-6-14-26-17-21/h5-6,8-9,13-14,16-17,23-24,27,29H,2-4,7,10-12,15,18-20H2,1H3. The van der Waals surface area contributed by atoms with E-state index in [1.807, 2.05) is 30.6 Å². The number of aryl methyl sites for hydroxylation is 1. The third-order valence-corrected chi connectivity index (χ3v) is 5.91. The molecule has 0 radical (unpaired) electrons. The summed E-state index contributed by atoms with van der Waals surface area (Å²) in [6, 6.07) is 12.9. The lowest BCUT2D eigenvalue weighted by atomic mass is 9.94. The van der Waals surface area contributed by atoms with E-state index in [0.29, 0.717) is 19.2 Å². The van der Waals surface area contributed by atoms with Crippen molar-refractivity contribution in [2.24, 2.45) is 0 Å². The minimum absolute atomic E-state index is 0.332. The summed E-state index contributed by atoms with van der Waals surface area (Å²) >= 11 is 0. The fraction of sp³-hybridized carbons (Fsp3) is 0.560. The number of likely N-dealkylation sites (N-methyl/N-ethyl adjacent to an activating group) is 1. The number of benzene rings is 1. The van der Waals surface area contributed by atoms with Crippen molar-refractivity contribution in [1.29, 1.82) is 0 Å². The molecule has 1 aromatic carbocycles. The van der Waals surface area contributed by atoms with Crippen molar-refractivity contribution in [2.45, 2.75) is 63.6 Å². The Kier molecular flexibility index (Phi) is 9.61. The van der Waals surface area contributed by atoms with Crippen LogP contribution in [0.4, 0.5) is 0 Å². The van der Waals surface area contributed by atoms with E-state index < -0.39 is 6.10 Å². The van der Waals surface area contributed by atoms with Gasteiger partial charge in [0.15, 0.2) is 0 Å².